The van der Waals surface area contributed by atoms with Gasteiger partial charge in [0, 0.05) is 12.6 Å². The van der Waals surface area contributed by atoms with Crippen LogP contribution >= 0.6 is 0 Å². The molecule has 0 aromatic carbocycles. The highest BCUT2D eigenvalue weighted by Gasteiger charge is 2.33. The third-order valence-corrected chi connectivity index (χ3v) is 3.96. The Morgan fingerprint density at radius 3 is 2.71 bits per heavy atom. The van der Waals surface area contributed by atoms with Crippen LogP contribution in [0.1, 0.15) is 46.5 Å². The van der Waals surface area contributed by atoms with E-state index in [1.54, 1.807) is 6.92 Å². The zero-order chi connectivity index (χ0) is 13.1. The Morgan fingerprint density at radius 2 is 2.18 bits per heavy atom. The summed E-state index contributed by atoms with van der Waals surface area (Å²) in [7, 11) is 0. The Bertz CT molecular complexity index is 269. The quantitative estimate of drug-likeness (QED) is 0.686. The van der Waals surface area contributed by atoms with Gasteiger partial charge in [0.05, 0.1) is 11.5 Å². The summed E-state index contributed by atoms with van der Waals surface area (Å²) in [6.07, 6.45) is 3.87. The summed E-state index contributed by atoms with van der Waals surface area (Å²) in [5.41, 5.74) is -0.649. The van der Waals surface area contributed by atoms with Gasteiger partial charge in [0.1, 0.15) is 0 Å². The maximum Gasteiger partial charge on any atom is 0.307 e. The predicted octanol–water partition coefficient (Wildman–Crippen LogP) is 1.63. The van der Waals surface area contributed by atoms with E-state index in [1.807, 2.05) is 6.92 Å². The number of carboxylic acids is 1. The first-order chi connectivity index (χ1) is 7.84. The first-order valence-electron chi connectivity index (χ1n) is 6.52. The maximum atomic E-state index is 10.8. The zero-order valence-electron chi connectivity index (χ0n) is 11.1. The predicted molar refractivity (Wildman–Crippen MR) is 66.8 cm³/mol. The fourth-order valence-electron chi connectivity index (χ4n) is 2.53. The molecule has 100 valence electrons. The minimum absolute atomic E-state index is 0.117. The van der Waals surface area contributed by atoms with Crippen molar-refractivity contribution < 1.29 is 15.0 Å². The number of carboxylic acid groups (broad SMARTS) is 1. The molecule has 1 fully saturated rings. The van der Waals surface area contributed by atoms with E-state index >= 15 is 0 Å². The molecule has 0 radical (unpaired) electrons. The zero-order valence-corrected chi connectivity index (χ0v) is 11.1. The minimum atomic E-state index is -0.797. The molecular weight excluding hydrogens is 218 g/mol. The van der Waals surface area contributed by atoms with Gasteiger partial charge in [0.25, 0.3) is 0 Å². The van der Waals surface area contributed by atoms with Crippen LogP contribution in [0.3, 0.4) is 0 Å². The number of rotatable bonds is 5. The lowest BCUT2D eigenvalue weighted by Gasteiger charge is -2.37. The van der Waals surface area contributed by atoms with Crippen LogP contribution in [0.2, 0.25) is 0 Å². The van der Waals surface area contributed by atoms with Gasteiger partial charge in [-0.25, -0.2) is 0 Å². The first kappa shape index (κ1) is 14.5. The van der Waals surface area contributed by atoms with E-state index in [-0.39, 0.29) is 6.04 Å². The molecule has 1 aliphatic rings. The molecule has 0 spiro atoms. The van der Waals surface area contributed by atoms with E-state index < -0.39 is 17.5 Å². The SMILES string of the molecule is CC1CCCC(O)(CNC(C)C(C)C(=O)O)C1. The molecular formula is C13H25NO3. The highest BCUT2D eigenvalue weighted by atomic mass is 16.4. The Balaban J connectivity index is 2.41. The molecule has 1 rings (SSSR count). The lowest BCUT2D eigenvalue weighted by molar-refractivity contribution is -0.142. The number of aliphatic hydroxyl groups is 1. The van der Waals surface area contributed by atoms with E-state index in [1.165, 1.54) is 6.42 Å². The maximum absolute atomic E-state index is 10.8. The van der Waals surface area contributed by atoms with Crippen LogP contribution in [0, 0.1) is 11.8 Å². The standard InChI is InChI=1S/C13H25NO3/c1-9-5-4-6-13(17,7-9)8-14-11(3)10(2)12(15)16/h9-11,14,17H,4-8H2,1-3H3,(H,15,16). The summed E-state index contributed by atoms with van der Waals surface area (Å²) in [4.78, 5) is 10.8. The van der Waals surface area contributed by atoms with Crippen molar-refractivity contribution in [3.05, 3.63) is 0 Å². The Hall–Kier alpha value is -0.610. The topological polar surface area (TPSA) is 69.6 Å². The van der Waals surface area contributed by atoms with Gasteiger partial charge in [0.15, 0.2) is 0 Å². The van der Waals surface area contributed by atoms with Gasteiger partial charge in [-0.1, -0.05) is 26.7 Å². The summed E-state index contributed by atoms with van der Waals surface area (Å²) in [6, 6.07) is -0.117. The summed E-state index contributed by atoms with van der Waals surface area (Å²) in [5, 5.41) is 22.5. The molecule has 0 aliphatic heterocycles. The minimum Gasteiger partial charge on any atom is -0.481 e. The lowest BCUT2D eigenvalue weighted by Crippen LogP contribution is -2.48. The Morgan fingerprint density at radius 1 is 1.53 bits per heavy atom. The number of nitrogens with one attached hydrogen (secondary N) is 1. The second kappa shape index (κ2) is 5.83. The van der Waals surface area contributed by atoms with Crippen LogP contribution in [-0.4, -0.2) is 34.4 Å². The van der Waals surface area contributed by atoms with Gasteiger partial charge in [0.2, 0.25) is 0 Å². The number of hydrogen-bond acceptors (Lipinski definition) is 3. The summed E-state index contributed by atoms with van der Waals surface area (Å²) in [5.74, 6) is -0.670. The van der Waals surface area contributed by atoms with Crippen LogP contribution in [0.5, 0.6) is 0 Å². The average molecular weight is 243 g/mol. The average Bonchev–Trinajstić information content (AvgIpc) is 2.24. The lowest BCUT2D eigenvalue weighted by atomic mass is 9.79. The van der Waals surface area contributed by atoms with Crippen molar-refractivity contribution in [1.29, 1.82) is 0 Å². The van der Waals surface area contributed by atoms with E-state index in [0.29, 0.717) is 12.5 Å². The summed E-state index contributed by atoms with van der Waals surface area (Å²) in [6.45, 7) is 6.20. The molecule has 4 unspecified atom stereocenters. The Kier molecular flexibility index (Phi) is 4.95. The third-order valence-electron chi connectivity index (χ3n) is 3.96. The van der Waals surface area contributed by atoms with Gasteiger partial charge < -0.3 is 15.5 Å². The molecule has 0 bridgehead atoms. The largest absolute Gasteiger partial charge is 0.481 e. The van der Waals surface area contributed by atoms with Crippen molar-refractivity contribution in [3.8, 4) is 0 Å². The highest BCUT2D eigenvalue weighted by Crippen LogP contribution is 2.31. The van der Waals surface area contributed by atoms with Crippen LogP contribution in [-0.2, 0) is 4.79 Å². The fourth-order valence-corrected chi connectivity index (χ4v) is 2.53. The molecule has 1 aliphatic carbocycles. The van der Waals surface area contributed by atoms with Gasteiger partial charge >= 0.3 is 5.97 Å². The van der Waals surface area contributed by atoms with Crippen molar-refractivity contribution in [2.75, 3.05) is 6.54 Å². The second-order valence-electron chi connectivity index (χ2n) is 5.72. The molecule has 0 amide bonds. The normalized spacial score (nSPS) is 33.1. The molecule has 17 heavy (non-hydrogen) atoms. The van der Waals surface area contributed by atoms with Crippen molar-refractivity contribution >= 4 is 5.97 Å². The van der Waals surface area contributed by atoms with Crippen molar-refractivity contribution in [1.82, 2.24) is 5.32 Å². The van der Waals surface area contributed by atoms with Crippen LogP contribution in [0.25, 0.3) is 0 Å². The molecule has 4 heteroatoms. The van der Waals surface area contributed by atoms with E-state index in [9.17, 15) is 9.90 Å². The molecule has 0 heterocycles. The molecule has 0 aromatic heterocycles. The van der Waals surface area contributed by atoms with Gasteiger partial charge in [-0.2, -0.15) is 0 Å². The number of aliphatic carboxylic acids is 1. The molecule has 0 saturated heterocycles. The van der Waals surface area contributed by atoms with E-state index in [4.69, 9.17) is 5.11 Å². The molecule has 0 aromatic rings. The third kappa shape index (κ3) is 4.28. The van der Waals surface area contributed by atoms with Gasteiger partial charge in [-0.3, -0.25) is 4.79 Å². The molecule has 1 saturated carbocycles. The van der Waals surface area contributed by atoms with Crippen molar-refractivity contribution in [2.24, 2.45) is 11.8 Å². The van der Waals surface area contributed by atoms with Crippen molar-refractivity contribution in [3.63, 3.8) is 0 Å². The summed E-state index contributed by atoms with van der Waals surface area (Å²) < 4.78 is 0. The first-order valence-corrected chi connectivity index (χ1v) is 6.52. The smallest absolute Gasteiger partial charge is 0.307 e. The highest BCUT2D eigenvalue weighted by molar-refractivity contribution is 5.70. The fraction of sp³-hybridized carbons (Fsp3) is 0.923. The Labute approximate surface area is 103 Å². The second-order valence-corrected chi connectivity index (χ2v) is 5.72. The van der Waals surface area contributed by atoms with Crippen LogP contribution in [0.15, 0.2) is 0 Å². The van der Waals surface area contributed by atoms with E-state index in [2.05, 4.69) is 12.2 Å². The van der Waals surface area contributed by atoms with Crippen LogP contribution in [0.4, 0.5) is 0 Å². The summed E-state index contributed by atoms with van der Waals surface area (Å²) >= 11 is 0. The van der Waals surface area contributed by atoms with E-state index in [0.717, 1.165) is 19.3 Å². The molecule has 3 N–H and O–H groups in total. The molecule has 4 nitrogen and oxygen atoms in total. The number of carbonyl (C=O) groups is 1. The van der Waals surface area contributed by atoms with Crippen LogP contribution < -0.4 is 5.32 Å². The number of hydrogen-bond donors (Lipinski definition) is 3. The van der Waals surface area contributed by atoms with Crippen molar-refractivity contribution in [2.45, 2.75) is 58.1 Å². The monoisotopic (exact) mass is 243 g/mol. The molecule has 4 atom stereocenters. The van der Waals surface area contributed by atoms with Gasteiger partial charge in [-0.15, -0.1) is 0 Å². The van der Waals surface area contributed by atoms with Gasteiger partial charge in [-0.05, 0) is 25.7 Å².